The van der Waals surface area contributed by atoms with Crippen LogP contribution in [0.2, 0.25) is 0 Å². The zero-order valence-electron chi connectivity index (χ0n) is 16.6. The summed E-state index contributed by atoms with van der Waals surface area (Å²) >= 11 is 11.6. The number of anilines is 2. The number of urea groups is 1. The minimum absolute atomic E-state index is 0.152. The smallest absolute Gasteiger partial charge is 0.319 e. The molecular weight excluding hydrogens is 449 g/mol. The van der Waals surface area contributed by atoms with Gasteiger partial charge in [0, 0.05) is 42.3 Å². The molecule has 1 atom stereocenters. The topological polar surface area (TPSA) is 131 Å². The summed E-state index contributed by atoms with van der Waals surface area (Å²) in [7, 11) is 0. The third kappa shape index (κ3) is 6.69. The Morgan fingerprint density at radius 1 is 1.03 bits per heavy atom. The van der Waals surface area contributed by atoms with Gasteiger partial charge >= 0.3 is 6.03 Å². The van der Waals surface area contributed by atoms with E-state index in [0.717, 1.165) is 17.8 Å². The number of hydrogen-bond donors (Lipinski definition) is 2. The van der Waals surface area contributed by atoms with Gasteiger partial charge in [0.25, 0.3) is 11.4 Å². The Morgan fingerprint density at radius 3 is 2.16 bits per heavy atom. The normalized spacial score (nSPS) is 11.5. The van der Waals surface area contributed by atoms with Gasteiger partial charge in [-0.3, -0.25) is 20.2 Å². The van der Waals surface area contributed by atoms with E-state index in [2.05, 4.69) is 10.6 Å². The van der Waals surface area contributed by atoms with Crippen molar-refractivity contribution in [3.8, 4) is 0 Å². The number of nitro benzene ring substituents is 2. The standard InChI is InChI=1S/C19H21Cl2N5O5/c1-13(17-7-6-16(25(28)29)12-18(17)26(30)31)22-19(27)23-14-2-4-15(5-3-14)24(10-8-20)11-9-21/h2-7,12-13H,8-11H2,1H3,(H2,22,23,27). The summed E-state index contributed by atoms with van der Waals surface area (Å²) in [6, 6.07) is 9.01. The zero-order valence-corrected chi connectivity index (χ0v) is 18.1. The van der Waals surface area contributed by atoms with Gasteiger partial charge < -0.3 is 15.5 Å². The van der Waals surface area contributed by atoms with Gasteiger partial charge in [0.05, 0.1) is 27.5 Å². The molecule has 0 saturated heterocycles. The second-order valence-electron chi connectivity index (χ2n) is 6.49. The Labute approximate surface area is 188 Å². The molecule has 0 fully saturated rings. The van der Waals surface area contributed by atoms with Crippen molar-refractivity contribution in [2.75, 3.05) is 35.1 Å². The Morgan fingerprint density at radius 2 is 1.65 bits per heavy atom. The molecule has 10 nitrogen and oxygen atoms in total. The third-order valence-electron chi connectivity index (χ3n) is 4.43. The Balaban J connectivity index is 2.07. The summed E-state index contributed by atoms with van der Waals surface area (Å²) in [6.45, 7) is 2.81. The van der Waals surface area contributed by atoms with Crippen molar-refractivity contribution in [3.05, 3.63) is 68.3 Å². The van der Waals surface area contributed by atoms with Crippen molar-refractivity contribution in [2.24, 2.45) is 0 Å². The van der Waals surface area contributed by atoms with Gasteiger partial charge in [0.1, 0.15) is 0 Å². The number of halogens is 2. The average molecular weight is 470 g/mol. The van der Waals surface area contributed by atoms with Crippen LogP contribution >= 0.6 is 23.2 Å². The molecule has 0 aliphatic heterocycles. The highest BCUT2D eigenvalue weighted by Crippen LogP contribution is 2.29. The van der Waals surface area contributed by atoms with Crippen LogP contribution in [0.1, 0.15) is 18.5 Å². The minimum Gasteiger partial charge on any atom is -0.369 e. The Hall–Kier alpha value is -3.11. The highest BCUT2D eigenvalue weighted by atomic mass is 35.5. The predicted octanol–water partition coefficient (Wildman–Crippen LogP) is 4.67. The second-order valence-corrected chi connectivity index (χ2v) is 7.25. The maximum absolute atomic E-state index is 12.3. The summed E-state index contributed by atoms with van der Waals surface area (Å²) < 4.78 is 0. The highest BCUT2D eigenvalue weighted by Gasteiger charge is 2.24. The van der Waals surface area contributed by atoms with Crippen LogP contribution in [0.15, 0.2) is 42.5 Å². The fourth-order valence-electron chi connectivity index (χ4n) is 2.94. The number of benzene rings is 2. The van der Waals surface area contributed by atoms with Crippen LogP contribution in [0.3, 0.4) is 0 Å². The van der Waals surface area contributed by atoms with Gasteiger partial charge in [0.15, 0.2) is 0 Å². The molecular formula is C19H21Cl2N5O5. The first kappa shape index (κ1) is 24.2. The van der Waals surface area contributed by atoms with Crippen LogP contribution < -0.4 is 15.5 Å². The van der Waals surface area contributed by atoms with Gasteiger partial charge in [-0.15, -0.1) is 23.2 Å². The van der Waals surface area contributed by atoms with Crippen LogP contribution in [0, 0.1) is 20.2 Å². The quantitative estimate of drug-likeness (QED) is 0.295. The summed E-state index contributed by atoms with van der Waals surface area (Å²) in [5, 5.41) is 27.4. The molecule has 0 spiro atoms. The Bertz CT molecular complexity index is 936. The number of nitrogens with one attached hydrogen (secondary N) is 2. The molecule has 0 radical (unpaired) electrons. The van der Waals surface area contributed by atoms with Crippen molar-refractivity contribution >= 4 is 52.0 Å². The van der Waals surface area contributed by atoms with Crippen molar-refractivity contribution in [1.82, 2.24) is 5.32 Å². The first-order valence-electron chi connectivity index (χ1n) is 9.24. The first-order chi connectivity index (χ1) is 14.8. The van der Waals surface area contributed by atoms with Gasteiger partial charge in [0.2, 0.25) is 0 Å². The minimum atomic E-state index is -0.761. The maximum Gasteiger partial charge on any atom is 0.319 e. The molecule has 1 unspecified atom stereocenters. The molecule has 0 saturated carbocycles. The molecule has 2 amide bonds. The van der Waals surface area contributed by atoms with Crippen molar-refractivity contribution in [1.29, 1.82) is 0 Å². The van der Waals surface area contributed by atoms with Gasteiger partial charge in [-0.05, 0) is 37.3 Å². The molecule has 2 N–H and O–H groups in total. The molecule has 166 valence electrons. The number of amides is 2. The lowest BCUT2D eigenvalue weighted by atomic mass is 10.1. The van der Waals surface area contributed by atoms with E-state index in [4.69, 9.17) is 23.2 Å². The fourth-order valence-corrected chi connectivity index (χ4v) is 3.35. The highest BCUT2D eigenvalue weighted by molar-refractivity contribution is 6.18. The van der Waals surface area contributed by atoms with Gasteiger partial charge in [-0.1, -0.05) is 0 Å². The number of nitro groups is 2. The fraction of sp³-hybridized carbons (Fsp3) is 0.316. The molecule has 2 rings (SSSR count). The molecule has 0 aliphatic carbocycles. The van der Waals surface area contributed by atoms with Crippen LogP contribution in [0.5, 0.6) is 0 Å². The summed E-state index contributed by atoms with van der Waals surface area (Å²) in [5.41, 5.74) is 0.735. The predicted molar refractivity (Wildman–Crippen MR) is 120 cm³/mol. The average Bonchev–Trinajstić information content (AvgIpc) is 2.73. The molecule has 0 heterocycles. The van der Waals surface area contributed by atoms with Crippen LogP contribution in [-0.4, -0.2) is 40.7 Å². The summed E-state index contributed by atoms with van der Waals surface area (Å²) in [6.07, 6.45) is 0. The number of rotatable bonds is 10. The van der Waals surface area contributed by atoms with E-state index < -0.39 is 33.3 Å². The lowest BCUT2D eigenvalue weighted by molar-refractivity contribution is -0.394. The lowest BCUT2D eigenvalue weighted by Crippen LogP contribution is -2.31. The SMILES string of the molecule is CC(NC(=O)Nc1ccc(N(CCCl)CCCl)cc1)c1ccc([N+](=O)[O-])cc1[N+](=O)[O-]. The largest absolute Gasteiger partial charge is 0.369 e. The number of nitrogens with zero attached hydrogens (tertiary/aromatic N) is 3. The van der Waals surface area contributed by atoms with E-state index in [1.54, 1.807) is 19.1 Å². The van der Waals surface area contributed by atoms with Crippen molar-refractivity contribution in [2.45, 2.75) is 13.0 Å². The van der Waals surface area contributed by atoms with E-state index in [-0.39, 0.29) is 5.56 Å². The monoisotopic (exact) mass is 469 g/mol. The van der Waals surface area contributed by atoms with E-state index >= 15 is 0 Å². The van der Waals surface area contributed by atoms with Crippen LogP contribution in [0.4, 0.5) is 27.5 Å². The number of alkyl halides is 2. The van der Waals surface area contributed by atoms with Gasteiger partial charge in [-0.2, -0.15) is 0 Å². The second kappa shape index (κ2) is 11.3. The summed E-state index contributed by atoms with van der Waals surface area (Å²) in [4.78, 5) is 35.1. The first-order valence-corrected chi connectivity index (χ1v) is 10.3. The lowest BCUT2D eigenvalue weighted by Gasteiger charge is -2.23. The van der Waals surface area contributed by atoms with E-state index in [0.29, 0.717) is 30.5 Å². The third-order valence-corrected chi connectivity index (χ3v) is 4.77. The molecule has 0 aliphatic rings. The molecule has 12 heteroatoms. The number of carbonyl (C=O) groups is 1. The number of non-ortho nitro benzene ring substituents is 1. The summed E-state index contributed by atoms with van der Waals surface area (Å²) in [5.74, 6) is 0.901. The van der Waals surface area contributed by atoms with Crippen molar-refractivity contribution in [3.63, 3.8) is 0 Å². The van der Waals surface area contributed by atoms with Crippen LogP contribution in [-0.2, 0) is 0 Å². The molecule has 0 bridgehead atoms. The molecule has 2 aromatic rings. The van der Waals surface area contributed by atoms with E-state index in [1.807, 2.05) is 17.0 Å². The number of carbonyl (C=O) groups excluding carboxylic acids is 1. The maximum atomic E-state index is 12.3. The van der Waals surface area contributed by atoms with E-state index in [1.165, 1.54) is 6.07 Å². The molecule has 0 aromatic heterocycles. The number of hydrogen-bond acceptors (Lipinski definition) is 6. The van der Waals surface area contributed by atoms with Crippen molar-refractivity contribution < 1.29 is 14.6 Å². The molecule has 31 heavy (non-hydrogen) atoms. The van der Waals surface area contributed by atoms with Gasteiger partial charge in [-0.25, -0.2) is 4.79 Å². The zero-order chi connectivity index (χ0) is 23.0. The Kier molecular flexibility index (Phi) is 8.83. The molecule has 2 aromatic carbocycles. The van der Waals surface area contributed by atoms with E-state index in [9.17, 15) is 25.0 Å². The van der Waals surface area contributed by atoms with Crippen LogP contribution in [0.25, 0.3) is 0 Å².